The Morgan fingerprint density at radius 2 is 1.79 bits per heavy atom. The first-order valence-electron chi connectivity index (χ1n) is 8.42. The lowest BCUT2D eigenvalue weighted by Crippen LogP contribution is -2.87. The van der Waals surface area contributed by atoms with Crippen molar-refractivity contribution in [1.29, 1.82) is 0 Å². The summed E-state index contributed by atoms with van der Waals surface area (Å²) in [7, 11) is 0. The molecule has 24 heavy (non-hydrogen) atoms. The first-order valence-corrected chi connectivity index (χ1v) is 8.42. The molecule has 0 saturated carbocycles. The smallest absolute Gasteiger partial charge is 0.162 e. The number of nitrogens with two attached hydrogens (primary N) is 1. The summed E-state index contributed by atoms with van der Waals surface area (Å²) in [6.07, 6.45) is -0.0536. The van der Waals surface area contributed by atoms with Crippen LogP contribution in [0.15, 0.2) is 54.6 Å². The highest BCUT2D eigenvalue weighted by atomic mass is 16.5. The zero-order valence-corrected chi connectivity index (χ0v) is 14.3. The number of quaternary nitrogens is 1. The second-order valence-corrected chi connectivity index (χ2v) is 5.94. The van der Waals surface area contributed by atoms with E-state index in [4.69, 9.17) is 4.74 Å². The summed E-state index contributed by atoms with van der Waals surface area (Å²) in [5.74, 6) is 0.781. The van der Waals surface area contributed by atoms with Crippen LogP contribution in [0.2, 0.25) is 0 Å². The molecule has 0 unspecified atom stereocenters. The number of benzene rings is 2. The van der Waals surface area contributed by atoms with Crippen molar-refractivity contribution in [3.8, 4) is 5.75 Å². The second-order valence-electron chi connectivity index (χ2n) is 5.94. The van der Waals surface area contributed by atoms with E-state index in [-0.39, 0.29) is 12.4 Å². The first-order chi connectivity index (χ1) is 11.6. The Morgan fingerprint density at radius 3 is 2.42 bits per heavy atom. The molecule has 4 heteroatoms. The molecule has 2 atom stereocenters. The molecule has 0 bridgehead atoms. The van der Waals surface area contributed by atoms with Gasteiger partial charge in [-0.15, -0.1) is 0 Å². The van der Waals surface area contributed by atoms with Gasteiger partial charge in [-0.1, -0.05) is 37.3 Å². The minimum Gasteiger partial charge on any atom is -0.491 e. The van der Waals surface area contributed by atoms with Crippen LogP contribution in [0.25, 0.3) is 0 Å². The topological polar surface area (TPSA) is 63.1 Å². The van der Waals surface area contributed by atoms with Crippen LogP contribution in [0.4, 0.5) is 0 Å². The second kappa shape index (κ2) is 9.21. The summed E-state index contributed by atoms with van der Waals surface area (Å²) in [6, 6.07) is 17.6. The van der Waals surface area contributed by atoms with Gasteiger partial charge in [0.15, 0.2) is 5.78 Å². The molecule has 0 fully saturated rings. The van der Waals surface area contributed by atoms with E-state index in [1.54, 1.807) is 24.3 Å². The van der Waals surface area contributed by atoms with Crippen LogP contribution in [-0.2, 0) is 0 Å². The molecule has 2 aromatic carbocycles. The quantitative estimate of drug-likeness (QED) is 0.695. The average molecular weight is 328 g/mol. The number of hydrogen-bond donors (Lipinski definition) is 2. The number of aliphatic hydroxyl groups is 1. The Hall–Kier alpha value is -2.17. The first kappa shape index (κ1) is 18.2. The zero-order valence-electron chi connectivity index (χ0n) is 14.3. The number of hydrogen-bond acceptors (Lipinski definition) is 3. The largest absolute Gasteiger partial charge is 0.491 e. The van der Waals surface area contributed by atoms with E-state index in [0.717, 1.165) is 0 Å². The summed E-state index contributed by atoms with van der Waals surface area (Å²) < 4.78 is 5.59. The van der Waals surface area contributed by atoms with E-state index < -0.39 is 6.10 Å². The van der Waals surface area contributed by atoms with Crippen molar-refractivity contribution >= 4 is 5.78 Å². The lowest BCUT2D eigenvalue weighted by atomic mass is 10.1. The molecule has 0 aliphatic heterocycles. The molecule has 3 N–H and O–H groups in total. The highest BCUT2D eigenvalue weighted by Crippen LogP contribution is 2.13. The number of ether oxygens (including phenoxy) is 1. The van der Waals surface area contributed by atoms with Crippen molar-refractivity contribution in [1.82, 2.24) is 0 Å². The Labute approximate surface area is 143 Å². The molecule has 0 radical (unpaired) electrons. The number of aliphatic hydroxyl groups excluding tert-OH is 1. The van der Waals surface area contributed by atoms with E-state index in [2.05, 4.69) is 24.4 Å². The number of rotatable bonds is 9. The van der Waals surface area contributed by atoms with Crippen LogP contribution in [0.1, 0.15) is 42.2 Å². The molecule has 0 aromatic heterocycles. The zero-order chi connectivity index (χ0) is 17.4. The SMILES string of the molecule is CCC(=O)c1ccc(OC[C@@H](O)C[NH2+][C@H](C)c2ccccc2)cc1. The van der Waals surface area contributed by atoms with E-state index in [1.165, 1.54) is 5.56 Å². The van der Waals surface area contributed by atoms with Gasteiger partial charge in [0.05, 0.1) is 0 Å². The standard InChI is InChI=1S/C20H25NO3/c1-3-20(23)17-9-11-19(12-10-17)24-14-18(22)13-21-15(2)16-7-5-4-6-8-16/h4-12,15,18,21-22H,3,13-14H2,1-2H3/p+1/t15-,18+/m1/s1. The Morgan fingerprint density at radius 1 is 1.12 bits per heavy atom. The molecular weight excluding hydrogens is 302 g/mol. The maximum Gasteiger partial charge on any atom is 0.162 e. The molecule has 0 aliphatic rings. The highest BCUT2D eigenvalue weighted by Gasteiger charge is 2.13. The van der Waals surface area contributed by atoms with Gasteiger partial charge in [0.2, 0.25) is 0 Å². The third-order valence-corrected chi connectivity index (χ3v) is 4.03. The minimum atomic E-state index is -0.548. The fourth-order valence-electron chi connectivity index (χ4n) is 2.46. The van der Waals surface area contributed by atoms with Crippen LogP contribution in [-0.4, -0.2) is 30.1 Å². The minimum absolute atomic E-state index is 0.117. The van der Waals surface area contributed by atoms with Crippen LogP contribution in [0.3, 0.4) is 0 Å². The molecular formula is C20H26NO3+. The summed E-state index contributed by atoms with van der Waals surface area (Å²) in [4.78, 5) is 11.6. The lowest BCUT2D eigenvalue weighted by Gasteiger charge is -2.15. The van der Waals surface area contributed by atoms with Crippen LogP contribution in [0, 0.1) is 0 Å². The fraction of sp³-hybridized carbons (Fsp3) is 0.350. The molecule has 0 spiro atoms. The molecule has 0 amide bonds. The van der Waals surface area contributed by atoms with Crippen molar-refractivity contribution in [2.75, 3.05) is 13.2 Å². The summed E-state index contributed by atoms with van der Waals surface area (Å²) in [6.45, 7) is 4.77. The fourth-order valence-corrected chi connectivity index (χ4v) is 2.46. The monoisotopic (exact) mass is 328 g/mol. The predicted octanol–water partition coefficient (Wildman–Crippen LogP) is 2.34. The highest BCUT2D eigenvalue weighted by molar-refractivity contribution is 5.95. The van der Waals surface area contributed by atoms with Crippen molar-refractivity contribution in [3.05, 3.63) is 65.7 Å². The Bertz CT molecular complexity index is 625. The van der Waals surface area contributed by atoms with E-state index in [9.17, 15) is 9.90 Å². The van der Waals surface area contributed by atoms with E-state index in [1.807, 2.05) is 25.1 Å². The molecule has 2 aromatic rings. The molecule has 4 nitrogen and oxygen atoms in total. The number of ketones is 1. The summed E-state index contributed by atoms with van der Waals surface area (Å²) >= 11 is 0. The third kappa shape index (κ3) is 5.48. The van der Waals surface area contributed by atoms with Crippen molar-refractivity contribution in [2.24, 2.45) is 0 Å². The molecule has 0 saturated heterocycles. The Kier molecular flexibility index (Phi) is 6.97. The van der Waals surface area contributed by atoms with Crippen LogP contribution >= 0.6 is 0 Å². The van der Waals surface area contributed by atoms with Gasteiger partial charge >= 0.3 is 0 Å². The predicted molar refractivity (Wildman–Crippen MR) is 94.2 cm³/mol. The van der Waals surface area contributed by atoms with Gasteiger partial charge < -0.3 is 15.2 Å². The van der Waals surface area contributed by atoms with Crippen LogP contribution < -0.4 is 10.1 Å². The number of carbonyl (C=O) groups is 1. The summed E-state index contributed by atoms with van der Waals surface area (Å²) in [5, 5.41) is 12.2. The van der Waals surface area contributed by atoms with Crippen molar-refractivity contribution in [3.63, 3.8) is 0 Å². The van der Waals surface area contributed by atoms with E-state index in [0.29, 0.717) is 30.3 Å². The Balaban J connectivity index is 1.75. The van der Waals surface area contributed by atoms with Gasteiger partial charge in [-0.25, -0.2) is 0 Å². The lowest BCUT2D eigenvalue weighted by molar-refractivity contribution is -0.698. The van der Waals surface area contributed by atoms with Crippen LogP contribution in [0.5, 0.6) is 5.75 Å². The molecule has 0 aliphatic carbocycles. The summed E-state index contributed by atoms with van der Waals surface area (Å²) in [5.41, 5.74) is 1.93. The number of carbonyl (C=O) groups excluding carboxylic acids is 1. The van der Waals surface area contributed by atoms with Gasteiger partial charge in [-0.3, -0.25) is 4.79 Å². The maximum atomic E-state index is 11.6. The maximum absolute atomic E-state index is 11.6. The molecule has 128 valence electrons. The van der Waals surface area contributed by atoms with Gasteiger partial charge in [0.25, 0.3) is 0 Å². The molecule has 2 rings (SSSR count). The normalized spacial score (nSPS) is 13.3. The van der Waals surface area contributed by atoms with Gasteiger partial charge in [-0.2, -0.15) is 0 Å². The van der Waals surface area contributed by atoms with Gasteiger partial charge in [0, 0.05) is 17.5 Å². The average Bonchev–Trinajstić information content (AvgIpc) is 2.64. The van der Waals surface area contributed by atoms with E-state index >= 15 is 0 Å². The number of Topliss-reactive ketones (excluding diaryl/α,β-unsaturated/α-hetero) is 1. The van der Waals surface area contributed by atoms with Crippen molar-refractivity contribution < 1.29 is 20.0 Å². The van der Waals surface area contributed by atoms with Gasteiger partial charge in [0.1, 0.15) is 31.0 Å². The third-order valence-electron chi connectivity index (χ3n) is 4.03. The van der Waals surface area contributed by atoms with Crippen molar-refractivity contribution in [2.45, 2.75) is 32.4 Å². The molecule has 0 heterocycles. The van der Waals surface area contributed by atoms with Gasteiger partial charge in [-0.05, 0) is 31.2 Å².